The molecule has 0 fully saturated rings. The second-order valence-electron chi connectivity index (χ2n) is 24.3. The number of rotatable bonds is 24. The highest BCUT2D eigenvalue weighted by atomic mass is 16.5. The molecule has 12 heteroatoms. The summed E-state index contributed by atoms with van der Waals surface area (Å²) in [6, 6.07) is 42.4. The molecule has 0 amide bonds. The molecule has 0 unspecified atom stereocenters. The summed E-state index contributed by atoms with van der Waals surface area (Å²) in [6.45, 7) is 6.66. The molecule has 412 valence electrons. The fourth-order valence-electron chi connectivity index (χ4n) is 10.0. The van der Waals surface area contributed by atoms with E-state index in [0.29, 0.717) is 26.4 Å². The Labute approximate surface area is 469 Å². The fourth-order valence-corrected chi connectivity index (χ4v) is 10.0. The average molecular weight is 1060 g/mol. The van der Waals surface area contributed by atoms with Crippen LogP contribution in [0.4, 0.5) is 0 Å². The second kappa shape index (κ2) is 24.7. The smallest absolute Gasteiger partial charge is 0.119 e. The van der Waals surface area contributed by atoms with E-state index in [-0.39, 0.29) is 0 Å². The largest absolute Gasteiger partial charge is 0.494 e. The molecule has 5 heterocycles. The zero-order chi connectivity index (χ0) is 55.7. The minimum absolute atomic E-state index is 0.641. The van der Waals surface area contributed by atoms with E-state index in [2.05, 4.69) is 238 Å². The first kappa shape index (κ1) is 56.2. The van der Waals surface area contributed by atoms with Crippen LogP contribution in [-0.4, -0.2) is 168 Å². The standard InChI is InChI=1S/C67H83N8O4/c1-72(2)40-12-44-76-52-24-16-48(17-25-52)64-56-32-34-58(68-56)65(49-18-26-53(27-19-49)77-45-13-41-73(3,4)5)60-36-38-62(70-60)67(51-22-30-55(31-23-51)79-47-15-43-75(9,10)11)63-39-37-61(71-63)66(59-35-33-57(64)69-59)50-20-28-54(29-21-50)78-46-14-42-74(6,7)8/h16-39,68,71H,12-15,40-47H2,1-11H3/q+3. The van der Waals surface area contributed by atoms with Crippen molar-refractivity contribution in [3.63, 3.8) is 0 Å². The molecule has 0 spiro atoms. The first-order chi connectivity index (χ1) is 37.8. The van der Waals surface area contributed by atoms with Crippen LogP contribution in [0.3, 0.4) is 0 Å². The number of aromatic nitrogens is 4. The van der Waals surface area contributed by atoms with E-state index in [1.165, 1.54) is 0 Å². The Morgan fingerprint density at radius 1 is 0.342 bits per heavy atom. The van der Waals surface area contributed by atoms with Crippen LogP contribution in [0.2, 0.25) is 0 Å². The van der Waals surface area contributed by atoms with Gasteiger partial charge in [-0.2, -0.15) is 0 Å². The highest BCUT2D eigenvalue weighted by Crippen LogP contribution is 2.40. The van der Waals surface area contributed by atoms with Crippen LogP contribution < -0.4 is 18.9 Å². The van der Waals surface area contributed by atoms with Crippen LogP contribution in [-0.2, 0) is 0 Å². The number of quaternary nitrogens is 3. The highest BCUT2D eigenvalue weighted by Gasteiger charge is 2.20. The van der Waals surface area contributed by atoms with Gasteiger partial charge in [-0.05, 0) is 140 Å². The first-order valence-corrected chi connectivity index (χ1v) is 28.0. The number of H-pyrrole nitrogens is 2. The van der Waals surface area contributed by atoms with Crippen molar-refractivity contribution in [2.24, 2.45) is 0 Å². The first-order valence-electron chi connectivity index (χ1n) is 28.0. The molecule has 7 aromatic rings. The van der Waals surface area contributed by atoms with Crippen LogP contribution in [0.1, 0.15) is 48.5 Å². The quantitative estimate of drug-likeness (QED) is 0.0459. The average Bonchev–Trinajstić information content (AvgIpc) is 4.47. The Kier molecular flexibility index (Phi) is 17.6. The molecule has 12 nitrogen and oxygen atoms in total. The van der Waals surface area contributed by atoms with Crippen molar-refractivity contribution in [1.29, 1.82) is 0 Å². The topological polar surface area (TPSA) is 97.5 Å². The molecule has 2 N–H and O–H groups in total. The number of hydrogen-bond acceptors (Lipinski definition) is 7. The molecule has 0 aliphatic carbocycles. The van der Waals surface area contributed by atoms with E-state index in [9.17, 15) is 0 Å². The molecule has 8 bridgehead atoms. The third-order valence-electron chi connectivity index (χ3n) is 14.1. The van der Waals surface area contributed by atoms with Crippen molar-refractivity contribution in [3.8, 4) is 67.5 Å². The molecule has 9 rings (SSSR count). The van der Waals surface area contributed by atoms with E-state index in [1.807, 2.05) is 0 Å². The van der Waals surface area contributed by atoms with Crippen LogP contribution in [0, 0.1) is 0 Å². The molecule has 0 saturated heterocycles. The van der Waals surface area contributed by atoms with Crippen molar-refractivity contribution >= 4 is 46.4 Å². The molecule has 3 aromatic heterocycles. The van der Waals surface area contributed by atoms with E-state index in [4.69, 9.17) is 28.9 Å². The Bertz CT molecular complexity index is 3340. The van der Waals surface area contributed by atoms with Crippen molar-refractivity contribution in [2.75, 3.05) is 130 Å². The number of benzene rings is 4. The zero-order valence-electron chi connectivity index (χ0n) is 48.7. The summed E-state index contributed by atoms with van der Waals surface area (Å²) in [4.78, 5) is 21.1. The van der Waals surface area contributed by atoms with Gasteiger partial charge in [-0.1, -0.05) is 48.5 Å². The number of fused-ring (bicyclic) bond motifs is 8. The summed E-state index contributed by atoms with van der Waals surface area (Å²) in [5.74, 6) is 3.35. The summed E-state index contributed by atoms with van der Waals surface area (Å²) in [6.07, 6.45) is 12.4. The predicted octanol–water partition coefficient (Wildman–Crippen LogP) is 13.1. The molecule has 0 atom stereocenters. The van der Waals surface area contributed by atoms with Crippen molar-refractivity contribution in [2.45, 2.75) is 25.7 Å². The molecular weight excluding hydrogens is 981 g/mol. The maximum Gasteiger partial charge on any atom is 0.119 e. The fraction of sp³-hybridized carbons (Fsp3) is 0.343. The van der Waals surface area contributed by atoms with Crippen molar-refractivity contribution in [3.05, 3.63) is 144 Å². The molecule has 79 heavy (non-hydrogen) atoms. The maximum absolute atomic E-state index is 6.29. The lowest BCUT2D eigenvalue weighted by Crippen LogP contribution is -2.36. The van der Waals surface area contributed by atoms with E-state index < -0.39 is 0 Å². The van der Waals surface area contributed by atoms with E-state index in [0.717, 1.165) is 178 Å². The van der Waals surface area contributed by atoms with Gasteiger partial charge in [0, 0.05) is 70.1 Å². The minimum Gasteiger partial charge on any atom is -0.494 e. The summed E-state index contributed by atoms with van der Waals surface area (Å²) in [7, 11) is 24.1. The second-order valence-corrected chi connectivity index (χ2v) is 24.3. The van der Waals surface area contributed by atoms with Crippen LogP contribution in [0.5, 0.6) is 23.0 Å². The molecule has 0 radical (unpaired) electrons. The summed E-state index contributed by atoms with van der Waals surface area (Å²) < 4.78 is 27.8. The number of nitrogens with zero attached hydrogens (tertiary/aromatic N) is 6. The molecular formula is C67H83N8O4+3. The number of nitrogens with one attached hydrogen (secondary N) is 2. The lowest BCUT2D eigenvalue weighted by atomic mass is 10.0. The van der Waals surface area contributed by atoms with Gasteiger partial charge >= 0.3 is 0 Å². The zero-order valence-corrected chi connectivity index (χ0v) is 48.7. The molecule has 0 saturated carbocycles. The van der Waals surface area contributed by atoms with Gasteiger partial charge in [-0.15, -0.1) is 0 Å². The van der Waals surface area contributed by atoms with Gasteiger partial charge in [-0.3, -0.25) is 0 Å². The van der Waals surface area contributed by atoms with Gasteiger partial charge in [0.25, 0.3) is 0 Å². The SMILES string of the molecule is CN(C)CCCOc1ccc(-c2c3nc(c(-c4ccc(OCCC[N+](C)(C)C)cc4)c4ccc([nH]4)c(-c4ccc(OCCC[N+](C)(C)C)cc4)c4nc(c(-c5ccc(OCCC[N+](C)(C)C)cc5)c5ccc2[nH]5)C=C4)C=C3)cc1. The number of ether oxygens (including phenoxy) is 4. The Morgan fingerprint density at radius 2 is 0.582 bits per heavy atom. The minimum atomic E-state index is 0.641. The molecule has 2 aliphatic heterocycles. The monoisotopic (exact) mass is 1060 g/mol. The van der Waals surface area contributed by atoms with Gasteiger partial charge in [-0.25, -0.2) is 9.97 Å². The normalized spacial score (nSPS) is 12.6. The van der Waals surface area contributed by atoms with Gasteiger partial charge in [0.2, 0.25) is 0 Å². The third-order valence-corrected chi connectivity index (χ3v) is 14.1. The third kappa shape index (κ3) is 15.2. The molecule has 2 aliphatic rings. The summed E-state index contributed by atoms with van der Waals surface area (Å²) in [5.41, 5.74) is 15.0. The van der Waals surface area contributed by atoms with E-state index in [1.54, 1.807) is 0 Å². The predicted molar refractivity (Wildman–Crippen MR) is 328 cm³/mol. The van der Waals surface area contributed by atoms with Gasteiger partial charge in [0.1, 0.15) is 23.0 Å². The van der Waals surface area contributed by atoms with Crippen LogP contribution in [0.25, 0.3) is 90.9 Å². The lowest BCUT2D eigenvalue weighted by Gasteiger charge is -2.23. The van der Waals surface area contributed by atoms with Gasteiger partial charge < -0.3 is 47.3 Å². The summed E-state index contributed by atoms with van der Waals surface area (Å²) >= 11 is 0. The maximum atomic E-state index is 6.29. The highest BCUT2D eigenvalue weighted by molar-refractivity contribution is 6.00. The van der Waals surface area contributed by atoms with Crippen molar-refractivity contribution < 1.29 is 32.4 Å². The van der Waals surface area contributed by atoms with Crippen LogP contribution in [0.15, 0.2) is 121 Å². The Morgan fingerprint density at radius 3 is 0.810 bits per heavy atom. The lowest BCUT2D eigenvalue weighted by molar-refractivity contribution is -0.870. The Balaban J connectivity index is 1.23. The van der Waals surface area contributed by atoms with Crippen molar-refractivity contribution in [1.82, 2.24) is 24.8 Å². The Hall–Kier alpha value is -7.48. The van der Waals surface area contributed by atoms with E-state index >= 15 is 0 Å². The van der Waals surface area contributed by atoms with Gasteiger partial charge in [0.15, 0.2) is 0 Å². The van der Waals surface area contributed by atoms with Gasteiger partial charge in [0.05, 0.1) is 132 Å². The number of aromatic amines is 2. The molecule has 4 aromatic carbocycles. The summed E-state index contributed by atoms with van der Waals surface area (Å²) in [5, 5.41) is 0. The van der Waals surface area contributed by atoms with Crippen LogP contribution >= 0.6 is 0 Å². The number of hydrogen-bond donors (Lipinski definition) is 2.